The number of nitrogens with two attached hydrogens (primary N) is 1. The Morgan fingerprint density at radius 2 is 2.27 bits per heavy atom. The van der Waals surface area contributed by atoms with Crippen LogP contribution in [-0.2, 0) is 9.47 Å². The lowest BCUT2D eigenvalue weighted by Gasteiger charge is -2.20. The molecule has 1 fully saturated rings. The van der Waals surface area contributed by atoms with Crippen molar-refractivity contribution in [3.63, 3.8) is 0 Å². The number of hydrogen-bond donors (Lipinski definition) is 2. The Balaban J connectivity index is 1.67. The maximum atomic E-state index is 9.35. The molecule has 1 aliphatic heterocycles. The Morgan fingerprint density at radius 3 is 3.00 bits per heavy atom. The molecule has 3 rings (SSSR count). The highest BCUT2D eigenvalue weighted by atomic mass is 33.1. The predicted octanol–water partition coefficient (Wildman–Crippen LogP) is 1.17. The van der Waals surface area contributed by atoms with Gasteiger partial charge in [0.2, 0.25) is 0 Å². The van der Waals surface area contributed by atoms with Gasteiger partial charge in [0, 0.05) is 13.0 Å². The van der Waals surface area contributed by atoms with Gasteiger partial charge in [-0.15, -0.1) is 0 Å². The normalized spacial score (nSPS) is 23.7. The maximum absolute atomic E-state index is 9.35. The summed E-state index contributed by atoms with van der Waals surface area (Å²) in [4.78, 5) is 12.5. The molecule has 0 aliphatic carbocycles. The second-order valence-corrected chi connectivity index (χ2v) is 10.2. The van der Waals surface area contributed by atoms with Crippen LogP contribution in [0.15, 0.2) is 12.7 Å². The standard InChI is InChI=1S/C15H24BN5O3S2/c1-15(2,16)26-25-8-23-10-5-11(24-9(10)3-4-22)21-7-20-12-13(17)18-6-19-14(12)21/h6-7,9-11,22H,3-5,8,16H2,1-2H3,(H2,17,18,19)/t9?,10-,11-/m1/s1. The Bertz CT molecular complexity index is 742. The fraction of sp³-hybridized carbons (Fsp3) is 0.667. The quantitative estimate of drug-likeness (QED) is 0.294. The fourth-order valence-electron chi connectivity index (χ4n) is 2.83. The van der Waals surface area contributed by atoms with E-state index in [-0.39, 0.29) is 29.7 Å². The summed E-state index contributed by atoms with van der Waals surface area (Å²) >= 11 is 0. The van der Waals surface area contributed by atoms with E-state index in [0.717, 1.165) is 0 Å². The highest BCUT2D eigenvalue weighted by Gasteiger charge is 2.37. The molecule has 0 radical (unpaired) electrons. The molecule has 3 heterocycles. The Labute approximate surface area is 161 Å². The number of ether oxygens (including phenoxy) is 2. The second kappa shape index (κ2) is 8.34. The number of rotatable bonds is 8. The van der Waals surface area contributed by atoms with Crippen LogP contribution in [0, 0.1) is 0 Å². The number of hydrogen-bond acceptors (Lipinski definition) is 9. The van der Waals surface area contributed by atoms with Gasteiger partial charge in [0.15, 0.2) is 11.5 Å². The van der Waals surface area contributed by atoms with Gasteiger partial charge in [0.1, 0.15) is 31.9 Å². The Hall–Kier alpha value is -1.01. The number of nitrogen functional groups attached to an aromatic ring is 1. The summed E-state index contributed by atoms with van der Waals surface area (Å²) in [6.07, 6.45) is 3.78. The highest BCUT2D eigenvalue weighted by Crippen LogP contribution is 2.37. The van der Waals surface area contributed by atoms with Gasteiger partial charge in [-0.2, -0.15) is 0 Å². The first-order valence-corrected chi connectivity index (χ1v) is 10.8. The molecule has 0 aromatic carbocycles. The molecule has 2 aromatic rings. The van der Waals surface area contributed by atoms with Gasteiger partial charge < -0.3 is 20.3 Å². The topological polar surface area (TPSA) is 108 Å². The first-order valence-electron chi connectivity index (χ1n) is 8.50. The average molecular weight is 397 g/mol. The van der Waals surface area contributed by atoms with Crippen LogP contribution in [0.5, 0.6) is 0 Å². The number of aliphatic hydroxyl groups is 1. The molecule has 1 aliphatic rings. The fourth-order valence-corrected chi connectivity index (χ4v) is 4.83. The summed E-state index contributed by atoms with van der Waals surface area (Å²) in [7, 11) is 5.65. The van der Waals surface area contributed by atoms with Gasteiger partial charge in [-0.3, -0.25) is 4.57 Å². The molecule has 8 nitrogen and oxygen atoms in total. The van der Waals surface area contributed by atoms with Gasteiger partial charge in [-0.05, 0) is 11.1 Å². The van der Waals surface area contributed by atoms with Crippen molar-refractivity contribution in [1.82, 2.24) is 19.5 Å². The summed E-state index contributed by atoms with van der Waals surface area (Å²) in [6, 6.07) is 0. The molecule has 0 spiro atoms. The van der Waals surface area contributed by atoms with Crippen molar-refractivity contribution in [2.45, 2.75) is 49.8 Å². The number of fused-ring (bicyclic) bond motifs is 1. The summed E-state index contributed by atoms with van der Waals surface area (Å²) in [5.41, 5.74) is 7.06. The van der Waals surface area contributed by atoms with Gasteiger partial charge in [-0.1, -0.05) is 35.4 Å². The molecule has 1 unspecified atom stereocenters. The van der Waals surface area contributed by atoms with Crippen LogP contribution in [0.3, 0.4) is 0 Å². The van der Waals surface area contributed by atoms with Crippen molar-refractivity contribution in [2.75, 3.05) is 18.3 Å². The summed E-state index contributed by atoms with van der Waals surface area (Å²) in [6.45, 7) is 4.40. The number of aliphatic hydroxyl groups excluding tert-OH is 1. The third-order valence-corrected chi connectivity index (χ3v) is 6.92. The monoisotopic (exact) mass is 397 g/mol. The van der Waals surface area contributed by atoms with Crippen molar-refractivity contribution in [2.24, 2.45) is 0 Å². The van der Waals surface area contributed by atoms with Crippen LogP contribution in [0.25, 0.3) is 11.2 Å². The zero-order valence-corrected chi connectivity index (χ0v) is 16.8. The molecule has 0 saturated carbocycles. The Kier molecular flexibility index (Phi) is 6.34. The Morgan fingerprint density at radius 1 is 1.46 bits per heavy atom. The average Bonchev–Trinajstić information content (AvgIpc) is 3.16. The third-order valence-electron chi connectivity index (χ3n) is 3.93. The van der Waals surface area contributed by atoms with E-state index in [0.29, 0.717) is 35.8 Å². The zero-order valence-electron chi connectivity index (χ0n) is 15.2. The van der Waals surface area contributed by atoms with Gasteiger partial charge in [-0.25, -0.2) is 15.0 Å². The second-order valence-electron chi connectivity index (χ2n) is 7.10. The number of nitrogens with zero attached hydrogens (tertiary/aromatic N) is 4. The van der Waals surface area contributed by atoms with Crippen LogP contribution in [0.4, 0.5) is 5.82 Å². The van der Waals surface area contributed by atoms with Crippen molar-refractivity contribution < 1.29 is 14.6 Å². The zero-order chi connectivity index (χ0) is 18.7. The first kappa shape index (κ1) is 19.7. The first-order chi connectivity index (χ1) is 12.4. The van der Waals surface area contributed by atoms with E-state index < -0.39 is 0 Å². The van der Waals surface area contributed by atoms with Crippen LogP contribution >= 0.6 is 21.6 Å². The molecule has 1 saturated heterocycles. The molecule has 0 amide bonds. The number of anilines is 1. The van der Waals surface area contributed by atoms with E-state index in [4.69, 9.17) is 15.2 Å². The number of aromatic nitrogens is 4. The molecule has 2 aromatic heterocycles. The molecule has 11 heteroatoms. The van der Waals surface area contributed by atoms with Crippen LogP contribution in [0.1, 0.15) is 32.9 Å². The minimum atomic E-state index is -0.254. The van der Waals surface area contributed by atoms with E-state index in [9.17, 15) is 5.11 Å². The smallest absolute Gasteiger partial charge is 0.167 e. The van der Waals surface area contributed by atoms with Crippen LogP contribution in [0.2, 0.25) is 0 Å². The van der Waals surface area contributed by atoms with E-state index >= 15 is 0 Å². The summed E-state index contributed by atoms with van der Waals surface area (Å²) in [5, 5.41) is 9.35. The van der Waals surface area contributed by atoms with Crippen LogP contribution in [-0.4, -0.2) is 61.9 Å². The third kappa shape index (κ3) is 4.63. The lowest BCUT2D eigenvalue weighted by atomic mass is 9.91. The lowest BCUT2D eigenvalue weighted by Crippen LogP contribution is -2.25. The molecule has 3 atom stereocenters. The van der Waals surface area contributed by atoms with Gasteiger partial charge in [0.25, 0.3) is 0 Å². The molecular formula is C15H24BN5O3S2. The predicted molar refractivity (Wildman–Crippen MR) is 108 cm³/mol. The van der Waals surface area contributed by atoms with E-state index in [1.54, 1.807) is 27.9 Å². The van der Waals surface area contributed by atoms with Gasteiger partial charge in [0.05, 0.1) is 18.5 Å². The molecule has 0 bridgehead atoms. The van der Waals surface area contributed by atoms with Crippen molar-refractivity contribution in [3.8, 4) is 0 Å². The van der Waals surface area contributed by atoms with E-state index in [1.165, 1.54) is 6.33 Å². The largest absolute Gasteiger partial charge is 0.396 e. The van der Waals surface area contributed by atoms with Gasteiger partial charge >= 0.3 is 0 Å². The maximum Gasteiger partial charge on any atom is 0.167 e. The molecule has 3 N–H and O–H groups in total. The van der Waals surface area contributed by atoms with E-state index in [2.05, 4.69) is 36.6 Å². The minimum absolute atomic E-state index is 0.0565. The molecular weight excluding hydrogens is 373 g/mol. The van der Waals surface area contributed by atoms with Crippen LogP contribution < -0.4 is 5.73 Å². The van der Waals surface area contributed by atoms with E-state index in [1.807, 2.05) is 4.57 Å². The highest BCUT2D eigenvalue weighted by molar-refractivity contribution is 8.77. The van der Waals surface area contributed by atoms with Crippen molar-refractivity contribution in [3.05, 3.63) is 12.7 Å². The molecule has 142 valence electrons. The molecule has 26 heavy (non-hydrogen) atoms. The summed E-state index contributed by atoms with van der Waals surface area (Å²) in [5.74, 6) is 0.923. The number of imidazole rings is 1. The van der Waals surface area contributed by atoms with Crippen molar-refractivity contribution >= 4 is 46.4 Å². The minimum Gasteiger partial charge on any atom is -0.396 e. The SMILES string of the molecule is BC(C)(C)SSCO[C@@H]1C[C@H](n2cnc3c(N)ncnc32)OC1CCO. The van der Waals surface area contributed by atoms with Crippen molar-refractivity contribution in [1.29, 1.82) is 0 Å². The summed E-state index contributed by atoms with van der Waals surface area (Å²) < 4.78 is 14.2. The lowest BCUT2D eigenvalue weighted by molar-refractivity contribution is -0.0383.